The van der Waals surface area contributed by atoms with Gasteiger partial charge in [-0.25, -0.2) is 9.67 Å². The Bertz CT molecular complexity index is 1720. The van der Waals surface area contributed by atoms with Gasteiger partial charge in [0.1, 0.15) is 22.9 Å². The van der Waals surface area contributed by atoms with Crippen LogP contribution in [-0.4, -0.2) is 88.7 Å². The summed E-state index contributed by atoms with van der Waals surface area (Å²) >= 11 is 0. The van der Waals surface area contributed by atoms with Gasteiger partial charge in [0.25, 0.3) is 17.7 Å². The summed E-state index contributed by atoms with van der Waals surface area (Å²) in [6.07, 6.45) is 9.49. The molecule has 5 rings (SSSR count). The minimum absolute atomic E-state index is 0.00352. The highest BCUT2D eigenvalue weighted by Gasteiger charge is 2.44. The van der Waals surface area contributed by atoms with E-state index < -0.39 is 53.1 Å². The van der Waals surface area contributed by atoms with Gasteiger partial charge in [0, 0.05) is 25.4 Å². The number of fused-ring (bicyclic) bond motifs is 1. The van der Waals surface area contributed by atoms with Gasteiger partial charge in [-0.1, -0.05) is 43.4 Å². The van der Waals surface area contributed by atoms with E-state index in [0.29, 0.717) is 16.7 Å². The molecule has 4 amide bonds. The van der Waals surface area contributed by atoms with E-state index in [1.807, 2.05) is 0 Å². The topological polar surface area (TPSA) is 216 Å². The number of primary amides is 1. The van der Waals surface area contributed by atoms with Gasteiger partial charge < -0.3 is 21.1 Å². The first-order valence-electron chi connectivity index (χ1n) is 15.7. The number of para-hydroxylation sites is 1. The van der Waals surface area contributed by atoms with Crippen LogP contribution in [0.4, 0.5) is 0 Å². The van der Waals surface area contributed by atoms with Crippen molar-refractivity contribution in [1.29, 1.82) is 0 Å². The first-order valence-corrected chi connectivity index (χ1v) is 15.7. The Hall–Kier alpha value is -4.92. The second kappa shape index (κ2) is 13.8. The number of nitrogens with two attached hydrogens (primary N) is 1. The lowest BCUT2D eigenvalue weighted by atomic mass is 9.85. The van der Waals surface area contributed by atoms with E-state index in [1.54, 1.807) is 32.0 Å². The summed E-state index contributed by atoms with van der Waals surface area (Å²) in [5.41, 5.74) is 5.23. The van der Waals surface area contributed by atoms with E-state index in [9.17, 15) is 29.1 Å². The van der Waals surface area contributed by atoms with Gasteiger partial charge in [0.15, 0.2) is 0 Å². The molecule has 1 aliphatic carbocycles. The summed E-state index contributed by atoms with van der Waals surface area (Å²) < 4.78 is 1.48. The van der Waals surface area contributed by atoms with Gasteiger partial charge in [-0.15, -0.1) is 5.10 Å². The quantitative estimate of drug-likeness (QED) is 0.213. The number of aromatic nitrogens is 5. The highest BCUT2D eigenvalue weighted by atomic mass is 16.3. The molecule has 3 atom stereocenters. The number of likely N-dealkylation sites (tertiary alicyclic amines) is 1. The van der Waals surface area contributed by atoms with Crippen molar-refractivity contribution in [2.75, 3.05) is 6.54 Å². The minimum atomic E-state index is -1.33. The smallest absolute Gasteiger partial charge is 0.287 e. The standard InChI is InChI=1S/C32H39N9O6/c1-18(27(42)28(33)43)37-30(45)24-15-20(41-25(16-36-39-41)32(2,3)47)17-40(24)31(46)23(14-19-8-5-4-6-9-19)38-29(44)21-10-7-11-22-26(21)35-13-12-34-22/h7,10-13,16,18-20,24,47H,4-6,8-9,14-15,17H2,1-3H3,(H2,33,43)(H,37,45)/t18?,20-,24-/m0/s1. The van der Waals surface area contributed by atoms with Crippen LogP contribution in [-0.2, 0) is 24.8 Å². The third-order valence-electron chi connectivity index (χ3n) is 8.80. The summed E-state index contributed by atoms with van der Waals surface area (Å²) in [6, 6.07) is 2.00. The molecule has 1 saturated heterocycles. The van der Waals surface area contributed by atoms with Crippen molar-refractivity contribution in [3.8, 4) is 0 Å². The van der Waals surface area contributed by atoms with Crippen LogP contribution in [0.3, 0.4) is 0 Å². The number of hydrogen-bond donors (Lipinski definition) is 3. The Kier molecular flexibility index (Phi) is 9.84. The van der Waals surface area contributed by atoms with E-state index in [-0.39, 0.29) is 36.6 Å². The maximum atomic E-state index is 14.5. The maximum Gasteiger partial charge on any atom is 0.287 e. The largest absolute Gasteiger partial charge is 0.384 e. The lowest BCUT2D eigenvalue weighted by Gasteiger charge is -2.27. The number of aliphatic imine (C=N–C) groups is 1. The number of aliphatic hydroxyl groups is 1. The highest BCUT2D eigenvalue weighted by molar-refractivity contribution is 6.41. The van der Waals surface area contributed by atoms with Crippen LogP contribution in [0.2, 0.25) is 0 Å². The van der Waals surface area contributed by atoms with Crippen molar-refractivity contribution in [1.82, 2.24) is 35.2 Å². The monoisotopic (exact) mass is 645 g/mol. The maximum absolute atomic E-state index is 14.5. The zero-order valence-corrected chi connectivity index (χ0v) is 26.6. The minimum Gasteiger partial charge on any atom is -0.384 e. The number of carbonyl (C=O) groups excluding carboxylic acids is 5. The Morgan fingerprint density at radius 2 is 1.83 bits per heavy atom. The van der Waals surface area contributed by atoms with Crippen molar-refractivity contribution in [3.05, 3.63) is 48.0 Å². The molecule has 1 unspecified atom stereocenters. The van der Waals surface area contributed by atoms with Gasteiger partial charge in [-0.05, 0) is 45.2 Å². The van der Waals surface area contributed by atoms with Crippen LogP contribution >= 0.6 is 0 Å². The predicted molar refractivity (Wildman–Crippen MR) is 169 cm³/mol. The van der Waals surface area contributed by atoms with Gasteiger partial charge in [-0.3, -0.25) is 33.9 Å². The summed E-state index contributed by atoms with van der Waals surface area (Å²) in [6.45, 7) is 4.44. The average Bonchev–Trinajstić information content (AvgIpc) is 3.72. The molecule has 15 nitrogen and oxygen atoms in total. The first-order chi connectivity index (χ1) is 22.3. The SMILES string of the molecule is CC(NC(=O)[C@@H]1C[C@H](n2nncc2C(C)(C)O)CN1C(=O)C(CC1CCCCC1)=NC(=O)c1cccc2nccnc12)C(=O)C(N)=O. The molecule has 248 valence electrons. The molecule has 47 heavy (non-hydrogen) atoms. The number of Topliss-reactive ketones (excluding diaryl/α,β-unsaturated/α-hetero) is 1. The third kappa shape index (κ3) is 7.40. The number of nitrogens with zero attached hydrogens (tertiary/aromatic N) is 7. The van der Waals surface area contributed by atoms with Gasteiger partial charge in [-0.2, -0.15) is 0 Å². The van der Waals surface area contributed by atoms with E-state index in [4.69, 9.17) is 5.73 Å². The van der Waals surface area contributed by atoms with Crippen molar-refractivity contribution in [3.63, 3.8) is 0 Å². The van der Waals surface area contributed by atoms with Crippen LogP contribution in [0.1, 0.15) is 87.8 Å². The van der Waals surface area contributed by atoms with Gasteiger partial charge in [0.05, 0.1) is 35.1 Å². The molecule has 4 N–H and O–H groups in total. The molecular weight excluding hydrogens is 606 g/mol. The van der Waals surface area contributed by atoms with Gasteiger partial charge >= 0.3 is 0 Å². The molecule has 1 aromatic carbocycles. The van der Waals surface area contributed by atoms with Crippen molar-refractivity contribution in [2.45, 2.75) is 89.4 Å². The average molecular weight is 646 g/mol. The van der Waals surface area contributed by atoms with Crippen LogP contribution in [0.5, 0.6) is 0 Å². The fourth-order valence-electron chi connectivity index (χ4n) is 6.36. The molecule has 15 heteroatoms. The Labute approximate surface area is 271 Å². The second-order valence-electron chi connectivity index (χ2n) is 12.7. The van der Waals surface area contributed by atoms with Crippen LogP contribution < -0.4 is 11.1 Å². The molecule has 3 aromatic rings. The summed E-state index contributed by atoms with van der Waals surface area (Å²) in [5, 5.41) is 21.3. The van der Waals surface area contributed by atoms with E-state index in [2.05, 4.69) is 30.6 Å². The normalized spacial score (nSPS) is 19.8. The molecule has 2 fully saturated rings. The Morgan fingerprint density at radius 3 is 2.53 bits per heavy atom. The Morgan fingerprint density at radius 1 is 1.11 bits per heavy atom. The van der Waals surface area contributed by atoms with Crippen molar-refractivity contribution < 1.29 is 29.1 Å². The van der Waals surface area contributed by atoms with E-state index in [1.165, 1.54) is 35.1 Å². The zero-order chi connectivity index (χ0) is 33.9. The molecular formula is C32H39N9O6. The van der Waals surface area contributed by atoms with E-state index in [0.717, 1.165) is 32.1 Å². The Balaban J connectivity index is 1.52. The first kappa shape index (κ1) is 33.4. The molecule has 2 aromatic heterocycles. The molecule has 0 spiro atoms. The fourth-order valence-corrected chi connectivity index (χ4v) is 6.36. The van der Waals surface area contributed by atoms with Crippen LogP contribution in [0.25, 0.3) is 11.0 Å². The number of rotatable bonds is 10. The summed E-state index contributed by atoms with van der Waals surface area (Å²) in [5.74, 6) is -4.05. The van der Waals surface area contributed by atoms with Crippen LogP contribution in [0.15, 0.2) is 41.8 Å². The number of amides is 4. The summed E-state index contributed by atoms with van der Waals surface area (Å²) in [7, 11) is 0. The van der Waals surface area contributed by atoms with Gasteiger partial charge in [0.2, 0.25) is 11.7 Å². The fraction of sp³-hybridized carbons (Fsp3) is 0.500. The third-order valence-corrected chi connectivity index (χ3v) is 8.80. The number of carbonyl (C=O) groups is 5. The lowest BCUT2D eigenvalue weighted by molar-refractivity contribution is -0.139. The van der Waals surface area contributed by atoms with Crippen molar-refractivity contribution in [2.24, 2.45) is 16.6 Å². The molecule has 0 bridgehead atoms. The number of benzene rings is 1. The number of ketones is 1. The molecule has 0 radical (unpaired) electrons. The highest BCUT2D eigenvalue weighted by Crippen LogP contribution is 2.33. The second-order valence-corrected chi connectivity index (χ2v) is 12.7. The zero-order valence-electron chi connectivity index (χ0n) is 26.6. The molecule has 3 heterocycles. The molecule has 2 aliphatic rings. The lowest BCUT2D eigenvalue weighted by Crippen LogP contribution is -2.52. The predicted octanol–water partition coefficient (Wildman–Crippen LogP) is 1.40. The van der Waals surface area contributed by atoms with Crippen LogP contribution in [0, 0.1) is 5.92 Å². The molecule has 1 aliphatic heterocycles. The summed E-state index contributed by atoms with van der Waals surface area (Å²) in [4.78, 5) is 79.8. The number of nitrogens with one attached hydrogen (secondary N) is 1. The van der Waals surface area contributed by atoms with Crippen molar-refractivity contribution >= 4 is 46.2 Å². The number of hydrogen-bond acceptors (Lipinski definition) is 10. The van der Waals surface area contributed by atoms with E-state index >= 15 is 0 Å². The molecule has 1 saturated carbocycles.